The molecule has 0 saturated heterocycles. The van der Waals surface area contributed by atoms with Crippen LogP contribution in [0.15, 0.2) is 182 Å². The van der Waals surface area contributed by atoms with Gasteiger partial charge in [0.1, 0.15) is 0 Å². The molecule has 0 saturated carbocycles. The summed E-state index contributed by atoms with van der Waals surface area (Å²) in [6.07, 6.45) is 3.62. The first-order chi connectivity index (χ1) is 26.7. The lowest BCUT2D eigenvalue weighted by molar-refractivity contribution is 1.29. The Hall–Kier alpha value is -7.62. The van der Waals surface area contributed by atoms with E-state index in [9.17, 15) is 5.26 Å². The number of para-hydroxylation sites is 2. The van der Waals surface area contributed by atoms with Crippen LogP contribution in [0.5, 0.6) is 0 Å². The van der Waals surface area contributed by atoms with Crippen LogP contribution in [0.25, 0.3) is 89.7 Å². The third-order valence-electron chi connectivity index (χ3n) is 9.44. The minimum absolute atomic E-state index is 0.575. The van der Waals surface area contributed by atoms with E-state index in [2.05, 4.69) is 101 Å². The van der Waals surface area contributed by atoms with Crippen LogP contribution < -0.4 is 0 Å². The minimum Gasteiger partial charge on any atom is -0.256 e. The fourth-order valence-corrected chi connectivity index (χ4v) is 6.64. The van der Waals surface area contributed by atoms with E-state index in [0.717, 1.165) is 89.7 Å². The topological polar surface area (TPSA) is 88.2 Å². The van der Waals surface area contributed by atoms with Crippen molar-refractivity contribution in [2.24, 2.45) is 0 Å². The highest BCUT2D eigenvalue weighted by Gasteiger charge is 2.16. The summed E-state index contributed by atoms with van der Waals surface area (Å²) in [5.41, 5.74) is 15.2. The quantitative estimate of drug-likeness (QED) is 0.165. The Bertz CT molecular complexity index is 2690. The molecule has 0 unspecified atom stereocenters. The normalized spacial score (nSPS) is 10.9. The predicted octanol–water partition coefficient (Wildman–Crippen LogP) is 11.4. The SMILES string of the molecule is N#Cc1cccc(-c2nc3ccccc3nc2-c2ccc(-c3cc(-c4ccc(-c5ccccn5)cc4)nc(-c4ccc(-c5ccccn5)cc4)c3)cc2)c1. The van der Waals surface area contributed by atoms with Gasteiger partial charge in [-0.25, -0.2) is 15.0 Å². The number of nitriles is 1. The lowest BCUT2D eigenvalue weighted by Crippen LogP contribution is -1.96. The molecule has 0 atom stereocenters. The highest BCUT2D eigenvalue weighted by Crippen LogP contribution is 2.35. The van der Waals surface area contributed by atoms with E-state index in [1.165, 1.54) is 0 Å². The summed E-state index contributed by atoms with van der Waals surface area (Å²) in [6.45, 7) is 0. The third kappa shape index (κ3) is 6.50. The lowest BCUT2D eigenvalue weighted by atomic mass is 9.96. The number of rotatable bonds is 7. The van der Waals surface area contributed by atoms with Crippen molar-refractivity contribution < 1.29 is 0 Å². The van der Waals surface area contributed by atoms with Gasteiger partial charge < -0.3 is 0 Å². The molecule has 5 aromatic carbocycles. The van der Waals surface area contributed by atoms with E-state index in [1.54, 1.807) is 6.07 Å². The molecular weight excluding hydrogens is 661 g/mol. The summed E-state index contributed by atoms with van der Waals surface area (Å²) in [6, 6.07) is 59.0. The first kappa shape index (κ1) is 32.3. The van der Waals surface area contributed by atoms with Crippen LogP contribution in [0, 0.1) is 11.3 Å². The molecule has 4 heterocycles. The van der Waals surface area contributed by atoms with Crippen LogP contribution in [-0.2, 0) is 0 Å². The maximum atomic E-state index is 9.61. The van der Waals surface area contributed by atoms with Crippen molar-refractivity contribution in [3.63, 3.8) is 0 Å². The molecule has 0 aliphatic carbocycles. The molecule has 4 aromatic heterocycles. The number of hydrogen-bond acceptors (Lipinski definition) is 6. The molecule has 6 nitrogen and oxygen atoms in total. The Labute approximate surface area is 312 Å². The van der Waals surface area contributed by atoms with Gasteiger partial charge in [-0.05, 0) is 71.8 Å². The Kier molecular flexibility index (Phi) is 8.48. The molecule has 0 radical (unpaired) electrons. The second-order valence-corrected chi connectivity index (χ2v) is 12.9. The second kappa shape index (κ2) is 14.2. The molecule has 0 amide bonds. The van der Waals surface area contributed by atoms with Crippen LogP contribution in [0.2, 0.25) is 0 Å². The molecule has 6 heteroatoms. The van der Waals surface area contributed by atoms with Crippen molar-refractivity contribution >= 4 is 11.0 Å². The van der Waals surface area contributed by atoms with E-state index < -0.39 is 0 Å². The number of pyridine rings is 3. The Morgan fingerprint density at radius 2 is 0.796 bits per heavy atom. The van der Waals surface area contributed by atoms with E-state index in [4.69, 9.17) is 15.0 Å². The lowest BCUT2D eigenvalue weighted by Gasteiger charge is -2.13. The molecule has 0 N–H and O–H groups in total. The maximum Gasteiger partial charge on any atom is 0.0991 e. The first-order valence-corrected chi connectivity index (χ1v) is 17.6. The number of aromatic nitrogens is 5. The fourth-order valence-electron chi connectivity index (χ4n) is 6.64. The second-order valence-electron chi connectivity index (χ2n) is 12.9. The molecule has 9 aromatic rings. The van der Waals surface area contributed by atoms with Crippen LogP contribution in [0.4, 0.5) is 0 Å². The van der Waals surface area contributed by atoms with E-state index in [-0.39, 0.29) is 0 Å². The van der Waals surface area contributed by atoms with Crippen molar-refractivity contribution in [1.29, 1.82) is 5.26 Å². The first-order valence-electron chi connectivity index (χ1n) is 17.6. The zero-order valence-corrected chi connectivity index (χ0v) is 29.0. The van der Waals surface area contributed by atoms with Crippen LogP contribution in [0.3, 0.4) is 0 Å². The molecular formula is C48H30N6. The predicted molar refractivity (Wildman–Crippen MR) is 216 cm³/mol. The standard InChI is InChI=1S/C48H30N6/c49-31-32-8-7-9-39(28-32)48-47(53-43-12-1-2-13-44(43)54-48)38-24-14-33(15-25-38)40-29-45(36-20-16-34(17-21-36)41-10-3-5-26-50-41)52-46(30-40)37-22-18-35(19-23-37)42-11-4-6-27-51-42/h1-30H. The van der Waals surface area contributed by atoms with Gasteiger partial charge in [0.25, 0.3) is 0 Å². The van der Waals surface area contributed by atoms with E-state index >= 15 is 0 Å². The number of hydrogen-bond donors (Lipinski definition) is 0. The highest BCUT2D eigenvalue weighted by molar-refractivity contribution is 5.87. The third-order valence-corrected chi connectivity index (χ3v) is 9.44. The molecule has 0 spiro atoms. The van der Waals surface area contributed by atoms with Crippen LogP contribution >= 0.6 is 0 Å². The maximum absolute atomic E-state index is 9.61. The van der Waals surface area contributed by atoms with Gasteiger partial charge in [0.2, 0.25) is 0 Å². The molecule has 0 bridgehead atoms. The average molecular weight is 691 g/mol. The molecule has 9 rings (SSSR count). The molecule has 54 heavy (non-hydrogen) atoms. The van der Waals surface area contributed by atoms with Gasteiger partial charge in [-0.3, -0.25) is 9.97 Å². The van der Waals surface area contributed by atoms with Crippen molar-refractivity contribution in [2.75, 3.05) is 0 Å². The smallest absolute Gasteiger partial charge is 0.0991 e. The van der Waals surface area contributed by atoms with Crippen LogP contribution in [0.1, 0.15) is 5.56 Å². The van der Waals surface area contributed by atoms with E-state index in [0.29, 0.717) is 5.56 Å². The van der Waals surface area contributed by atoms with Crippen LogP contribution in [-0.4, -0.2) is 24.9 Å². The molecule has 0 aliphatic heterocycles. The molecule has 252 valence electrons. The largest absolute Gasteiger partial charge is 0.256 e. The zero-order chi connectivity index (χ0) is 36.3. The summed E-state index contributed by atoms with van der Waals surface area (Å²) >= 11 is 0. The summed E-state index contributed by atoms with van der Waals surface area (Å²) in [7, 11) is 0. The number of fused-ring (bicyclic) bond motifs is 1. The monoisotopic (exact) mass is 690 g/mol. The summed E-state index contributed by atoms with van der Waals surface area (Å²) in [4.78, 5) is 24.3. The molecule has 0 aliphatic rings. The van der Waals surface area contributed by atoms with Gasteiger partial charge in [0, 0.05) is 45.8 Å². The van der Waals surface area contributed by atoms with Gasteiger partial charge >= 0.3 is 0 Å². The van der Waals surface area contributed by atoms with Gasteiger partial charge in [0.05, 0.1) is 56.8 Å². The number of benzene rings is 5. The van der Waals surface area contributed by atoms with Crippen molar-refractivity contribution in [1.82, 2.24) is 24.9 Å². The van der Waals surface area contributed by atoms with Gasteiger partial charge in [0.15, 0.2) is 0 Å². The minimum atomic E-state index is 0.575. The Morgan fingerprint density at radius 1 is 0.333 bits per heavy atom. The fraction of sp³-hybridized carbons (Fsp3) is 0. The van der Waals surface area contributed by atoms with Crippen molar-refractivity contribution in [3.05, 3.63) is 188 Å². The Morgan fingerprint density at radius 3 is 1.30 bits per heavy atom. The summed E-state index contributed by atoms with van der Waals surface area (Å²) < 4.78 is 0. The summed E-state index contributed by atoms with van der Waals surface area (Å²) in [5.74, 6) is 0. The van der Waals surface area contributed by atoms with Crippen molar-refractivity contribution in [2.45, 2.75) is 0 Å². The van der Waals surface area contributed by atoms with Gasteiger partial charge in [-0.1, -0.05) is 109 Å². The summed E-state index contributed by atoms with van der Waals surface area (Å²) in [5, 5.41) is 9.61. The number of nitrogens with zero attached hydrogens (tertiary/aromatic N) is 6. The zero-order valence-electron chi connectivity index (χ0n) is 29.0. The van der Waals surface area contributed by atoms with Crippen molar-refractivity contribution in [3.8, 4) is 84.7 Å². The van der Waals surface area contributed by atoms with E-state index in [1.807, 2.05) is 91.3 Å². The van der Waals surface area contributed by atoms with Gasteiger partial charge in [-0.15, -0.1) is 0 Å². The average Bonchev–Trinajstić information content (AvgIpc) is 3.26. The molecule has 0 fully saturated rings. The highest BCUT2D eigenvalue weighted by atomic mass is 14.8. The Balaban J connectivity index is 1.13. The van der Waals surface area contributed by atoms with Gasteiger partial charge in [-0.2, -0.15) is 5.26 Å².